The van der Waals surface area contributed by atoms with Gasteiger partial charge >= 0.3 is 6.09 Å². The van der Waals surface area contributed by atoms with Crippen molar-refractivity contribution in [2.75, 3.05) is 20.6 Å². The number of carbonyl (C=O) groups is 2. The van der Waals surface area contributed by atoms with Crippen molar-refractivity contribution in [3.05, 3.63) is 70.5 Å². The number of rotatable bonds is 3. The molecule has 0 aliphatic carbocycles. The summed E-state index contributed by atoms with van der Waals surface area (Å²) in [4.78, 5) is 41.4. The van der Waals surface area contributed by atoms with Crippen LogP contribution in [0, 0.1) is 13.8 Å². The lowest BCUT2D eigenvalue weighted by molar-refractivity contribution is 0.0223. The van der Waals surface area contributed by atoms with Gasteiger partial charge in [-0.05, 0) is 87.1 Å². The summed E-state index contributed by atoms with van der Waals surface area (Å²) in [5, 5.41) is 0. The Balaban J connectivity index is 1.46. The van der Waals surface area contributed by atoms with E-state index in [0.717, 1.165) is 51.0 Å². The van der Waals surface area contributed by atoms with E-state index < -0.39 is 5.60 Å². The van der Waals surface area contributed by atoms with Gasteiger partial charge in [-0.3, -0.25) is 4.79 Å². The molecular weight excluding hydrogens is 490 g/mol. The molecule has 2 aromatic carbocycles. The van der Waals surface area contributed by atoms with Crippen molar-refractivity contribution in [3.63, 3.8) is 0 Å². The van der Waals surface area contributed by atoms with Crippen LogP contribution in [-0.4, -0.2) is 63.0 Å². The summed E-state index contributed by atoms with van der Waals surface area (Å²) in [6, 6.07) is 10.1. The van der Waals surface area contributed by atoms with E-state index in [0.29, 0.717) is 24.3 Å². The number of H-pyrrole nitrogens is 1. The maximum Gasteiger partial charge on any atom is 0.410 e. The molecule has 0 atom stereocenters. The third kappa shape index (κ3) is 5.24. The highest BCUT2D eigenvalue weighted by atomic mass is 16.6. The van der Waals surface area contributed by atoms with Crippen molar-refractivity contribution in [1.82, 2.24) is 24.8 Å². The van der Waals surface area contributed by atoms with E-state index in [1.54, 1.807) is 30.1 Å². The summed E-state index contributed by atoms with van der Waals surface area (Å²) in [6.45, 7) is 10.8. The maximum absolute atomic E-state index is 12.6. The summed E-state index contributed by atoms with van der Waals surface area (Å²) in [5.74, 6) is -0.0166. The van der Waals surface area contributed by atoms with Gasteiger partial charge in [-0.15, -0.1) is 0 Å². The molecule has 0 saturated carbocycles. The highest BCUT2D eigenvalue weighted by Gasteiger charge is 2.27. The van der Waals surface area contributed by atoms with E-state index in [1.807, 2.05) is 52.1 Å². The lowest BCUT2D eigenvalue weighted by atomic mass is 9.92. The number of nitrogens with one attached hydrogen (secondary N) is 1. The number of benzene rings is 2. The van der Waals surface area contributed by atoms with Gasteiger partial charge in [0.15, 0.2) is 5.65 Å². The van der Waals surface area contributed by atoms with Crippen LogP contribution in [0.4, 0.5) is 4.79 Å². The Kier molecular flexibility index (Phi) is 6.66. The van der Waals surface area contributed by atoms with Crippen molar-refractivity contribution in [2.24, 2.45) is 0 Å². The number of hydrogen-bond acceptors (Lipinski definition) is 5. The minimum absolute atomic E-state index is 0.0166. The highest BCUT2D eigenvalue weighted by Crippen LogP contribution is 2.32. The molecule has 39 heavy (non-hydrogen) atoms. The van der Waals surface area contributed by atoms with Gasteiger partial charge in [0.1, 0.15) is 11.1 Å². The van der Waals surface area contributed by atoms with Crippen molar-refractivity contribution in [2.45, 2.75) is 53.2 Å². The van der Waals surface area contributed by atoms with Crippen LogP contribution in [0.1, 0.15) is 53.4 Å². The predicted molar refractivity (Wildman–Crippen MR) is 153 cm³/mol. The molecule has 2 amide bonds. The molecule has 202 valence electrons. The summed E-state index contributed by atoms with van der Waals surface area (Å²) in [5.41, 5.74) is 9.78. The Bertz CT molecular complexity index is 1600. The van der Waals surface area contributed by atoms with Crippen molar-refractivity contribution in [1.29, 1.82) is 0 Å². The van der Waals surface area contributed by atoms with Crippen LogP contribution in [0.5, 0.6) is 0 Å². The highest BCUT2D eigenvalue weighted by molar-refractivity contribution is 5.97. The smallest absolute Gasteiger partial charge is 0.410 e. The molecule has 1 N–H and O–H groups in total. The minimum Gasteiger partial charge on any atom is -0.444 e. The largest absolute Gasteiger partial charge is 0.444 e. The lowest BCUT2D eigenvalue weighted by Crippen LogP contribution is -2.40. The first-order valence-electron chi connectivity index (χ1n) is 13.2. The van der Waals surface area contributed by atoms with Gasteiger partial charge in [0.2, 0.25) is 0 Å². The van der Waals surface area contributed by atoms with E-state index in [1.165, 1.54) is 5.56 Å². The number of ether oxygens (including phenoxy) is 1. The van der Waals surface area contributed by atoms with Crippen LogP contribution in [0.2, 0.25) is 0 Å². The molecular formula is C31H35N5O3. The van der Waals surface area contributed by atoms with Gasteiger partial charge in [0.05, 0.1) is 11.9 Å². The molecule has 0 saturated heterocycles. The summed E-state index contributed by atoms with van der Waals surface area (Å²) in [7, 11) is 3.51. The number of amides is 2. The average Bonchev–Trinajstić information content (AvgIpc) is 3.30. The number of hydrogen-bond donors (Lipinski definition) is 1. The van der Waals surface area contributed by atoms with Crippen molar-refractivity contribution < 1.29 is 14.3 Å². The van der Waals surface area contributed by atoms with Crippen LogP contribution in [-0.2, 0) is 17.7 Å². The second-order valence-electron chi connectivity index (χ2n) is 11.5. The standard InChI is InChI=1S/C31H35N5O3/c1-18-12-20(8-9-23(18)29(37)35(6)7)24-15-32-28-27(24)34-26(16-33-28)22-13-19(2)25-17-36(11-10-21(25)14-22)30(38)39-31(3,4)5/h8-9,12-16H,10-11,17H2,1-7H3,(H,32,33). The molecule has 4 aromatic rings. The third-order valence-electron chi connectivity index (χ3n) is 7.07. The Labute approximate surface area is 229 Å². The van der Waals surface area contributed by atoms with E-state index in [4.69, 9.17) is 9.72 Å². The van der Waals surface area contributed by atoms with Gasteiger partial charge < -0.3 is 19.5 Å². The topological polar surface area (TPSA) is 91.4 Å². The van der Waals surface area contributed by atoms with E-state index in [-0.39, 0.29) is 12.0 Å². The molecule has 0 spiro atoms. The second-order valence-corrected chi connectivity index (χ2v) is 11.5. The molecule has 2 aromatic heterocycles. The van der Waals surface area contributed by atoms with Crippen LogP contribution in [0.3, 0.4) is 0 Å². The SMILES string of the molecule is Cc1cc(-c2c[nH]c3ncc(-c4cc(C)c5c(c4)CCN(C(=O)OC(C)(C)C)C5)nc23)ccc1C(=O)N(C)C. The molecule has 5 rings (SSSR count). The second kappa shape index (κ2) is 9.84. The molecule has 0 fully saturated rings. The summed E-state index contributed by atoms with van der Waals surface area (Å²) in [6.07, 6.45) is 4.19. The van der Waals surface area contributed by atoms with E-state index >= 15 is 0 Å². The maximum atomic E-state index is 12.6. The zero-order chi connectivity index (χ0) is 28.1. The molecule has 1 aliphatic rings. The number of aromatic amines is 1. The number of aryl methyl sites for hydroxylation is 2. The Morgan fingerprint density at radius 2 is 1.79 bits per heavy atom. The monoisotopic (exact) mass is 525 g/mol. The summed E-state index contributed by atoms with van der Waals surface area (Å²) < 4.78 is 5.59. The fourth-order valence-corrected chi connectivity index (χ4v) is 5.06. The summed E-state index contributed by atoms with van der Waals surface area (Å²) >= 11 is 0. The van der Waals surface area contributed by atoms with Crippen LogP contribution >= 0.6 is 0 Å². The van der Waals surface area contributed by atoms with Crippen LogP contribution in [0.15, 0.2) is 42.7 Å². The quantitative estimate of drug-likeness (QED) is 0.359. The Morgan fingerprint density at radius 1 is 1.05 bits per heavy atom. The van der Waals surface area contributed by atoms with Gasteiger partial charge in [-0.1, -0.05) is 12.1 Å². The third-order valence-corrected chi connectivity index (χ3v) is 7.07. The van der Waals surface area contributed by atoms with Gasteiger partial charge in [-0.2, -0.15) is 0 Å². The molecule has 0 bridgehead atoms. The fourth-order valence-electron chi connectivity index (χ4n) is 5.06. The number of nitrogens with zero attached hydrogens (tertiary/aromatic N) is 4. The molecule has 0 unspecified atom stereocenters. The van der Waals surface area contributed by atoms with Gasteiger partial charge in [0, 0.05) is 50.1 Å². The van der Waals surface area contributed by atoms with Crippen molar-refractivity contribution >= 4 is 23.2 Å². The molecule has 8 heteroatoms. The van der Waals surface area contributed by atoms with Gasteiger partial charge in [-0.25, -0.2) is 14.8 Å². The van der Waals surface area contributed by atoms with Crippen molar-refractivity contribution in [3.8, 4) is 22.4 Å². The van der Waals surface area contributed by atoms with Crippen LogP contribution < -0.4 is 0 Å². The molecule has 3 heterocycles. The van der Waals surface area contributed by atoms with Crippen LogP contribution in [0.25, 0.3) is 33.5 Å². The van der Waals surface area contributed by atoms with Gasteiger partial charge in [0.25, 0.3) is 5.91 Å². The predicted octanol–water partition coefficient (Wildman–Crippen LogP) is 5.90. The minimum atomic E-state index is -0.519. The van der Waals surface area contributed by atoms with E-state index in [2.05, 4.69) is 29.0 Å². The fraction of sp³-hybridized carbons (Fsp3) is 0.355. The number of fused-ring (bicyclic) bond motifs is 2. The zero-order valence-corrected chi connectivity index (χ0v) is 23.7. The molecule has 0 radical (unpaired) electrons. The lowest BCUT2D eigenvalue weighted by Gasteiger charge is -2.32. The normalized spacial score (nSPS) is 13.4. The first-order valence-corrected chi connectivity index (χ1v) is 13.2. The van der Waals surface area contributed by atoms with E-state index in [9.17, 15) is 9.59 Å². The Hall–Kier alpha value is -4.20. The number of aromatic nitrogens is 3. The Morgan fingerprint density at radius 3 is 2.49 bits per heavy atom. The first-order chi connectivity index (χ1) is 18.4. The molecule has 1 aliphatic heterocycles. The zero-order valence-electron chi connectivity index (χ0n) is 23.7. The first kappa shape index (κ1) is 26.4. The molecule has 8 nitrogen and oxygen atoms in total. The number of carbonyl (C=O) groups excluding carboxylic acids is 2. The average molecular weight is 526 g/mol.